The number of nitrogens with two attached hydrogens (primary N) is 1. The molecule has 27 heavy (non-hydrogen) atoms. The molecule has 1 aliphatic carbocycles. The molecule has 3 amide bonds. The summed E-state index contributed by atoms with van der Waals surface area (Å²) in [6, 6.07) is 0.213. The van der Waals surface area contributed by atoms with E-state index in [1.165, 1.54) is 29.1 Å². The van der Waals surface area contributed by atoms with Crippen LogP contribution in [0.3, 0.4) is 0 Å². The molecule has 10 heteroatoms. The Hall–Kier alpha value is -2.20. The van der Waals surface area contributed by atoms with Crippen LogP contribution in [0.1, 0.15) is 38.3 Å². The van der Waals surface area contributed by atoms with E-state index in [4.69, 9.17) is 5.73 Å². The Morgan fingerprint density at radius 1 is 1.33 bits per heavy atom. The number of primary amides is 1. The van der Waals surface area contributed by atoms with Gasteiger partial charge in [-0.15, -0.1) is 11.3 Å². The lowest BCUT2D eigenvalue weighted by Gasteiger charge is -2.31. The largest absolute Gasteiger partial charge is 0.368 e. The van der Waals surface area contributed by atoms with Crippen molar-refractivity contribution in [2.24, 2.45) is 5.73 Å². The zero-order valence-corrected chi connectivity index (χ0v) is 16.9. The Bertz CT molecular complexity index is 890. The molecule has 4 rings (SSSR count). The van der Waals surface area contributed by atoms with Crippen molar-refractivity contribution in [1.29, 1.82) is 0 Å². The van der Waals surface area contributed by atoms with Crippen molar-refractivity contribution in [3.63, 3.8) is 0 Å². The molecule has 3 heterocycles. The van der Waals surface area contributed by atoms with Gasteiger partial charge in [-0.3, -0.25) is 10.1 Å². The Balaban J connectivity index is 1.49. The standard InChI is InChI=1S/C17H22N6O2S2/c1-9-12(11-8-26-14(21-11)20-10-4-5-10)27-15(19-9)22-16(25)23-7-3-6-17(23,2)13(18)24/h8,10H,3-7H2,1-2H3,(H2,18,24)(H,20,21)(H,19,22,25)/t17-/m0/s1. The summed E-state index contributed by atoms with van der Waals surface area (Å²) in [5, 5.41) is 9.63. The fourth-order valence-corrected chi connectivity index (χ4v) is 5.01. The van der Waals surface area contributed by atoms with E-state index in [-0.39, 0.29) is 6.03 Å². The summed E-state index contributed by atoms with van der Waals surface area (Å²) in [6.07, 6.45) is 3.73. The average molecular weight is 407 g/mol. The number of hydrogen-bond donors (Lipinski definition) is 3. The molecule has 4 N–H and O–H groups in total. The summed E-state index contributed by atoms with van der Waals surface area (Å²) < 4.78 is 0. The highest BCUT2D eigenvalue weighted by atomic mass is 32.1. The highest BCUT2D eigenvalue weighted by molar-refractivity contribution is 7.19. The number of urea groups is 1. The van der Waals surface area contributed by atoms with Gasteiger partial charge in [0.15, 0.2) is 10.3 Å². The molecule has 0 aromatic carbocycles. The van der Waals surface area contributed by atoms with Crippen LogP contribution in [0.15, 0.2) is 5.38 Å². The van der Waals surface area contributed by atoms with Gasteiger partial charge >= 0.3 is 6.03 Å². The van der Waals surface area contributed by atoms with E-state index in [1.54, 1.807) is 18.3 Å². The third kappa shape index (κ3) is 3.51. The monoisotopic (exact) mass is 406 g/mol. The van der Waals surface area contributed by atoms with Gasteiger partial charge in [-0.05, 0) is 39.5 Å². The van der Waals surface area contributed by atoms with Gasteiger partial charge in [0, 0.05) is 18.0 Å². The summed E-state index contributed by atoms with van der Waals surface area (Å²) in [5.41, 5.74) is 6.25. The first kappa shape index (κ1) is 18.2. The van der Waals surface area contributed by atoms with Crippen molar-refractivity contribution in [2.75, 3.05) is 17.2 Å². The molecular formula is C17H22N6O2S2. The molecule has 2 fully saturated rings. The van der Waals surface area contributed by atoms with Gasteiger partial charge in [-0.1, -0.05) is 11.3 Å². The van der Waals surface area contributed by atoms with E-state index in [0.29, 0.717) is 24.1 Å². The minimum atomic E-state index is -0.947. The lowest BCUT2D eigenvalue weighted by atomic mass is 9.98. The summed E-state index contributed by atoms with van der Waals surface area (Å²) in [7, 11) is 0. The minimum Gasteiger partial charge on any atom is -0.368 e. The second-order valence-corrected chi connectivity index (χ2v) is 9.07. The van der Waals surface area contributed by atoms with Gasteiger partial charge < -0.3 is 16.0 Å². The number of likely N-dealkylation sites (tertiary alicyclic amines) is 1. The normalized spacial score (nSPS) is 22.1. The van der Waals surface area contributed by atoms with Gasteiger partial charge in [0.2, 0.25) is 5.91 Å². The molecule has 1 saturated heterocycles. The van der Waals surface area contributed by atoms with E-state index in [9.17, 15) is 9.59 Å². The zero-order valence-electron chi connectivity index (χ0n) is 15.2. The fourth-order valence-electron chi connectivity index (χ4n) is 3.24. The number of aryl methyl sites for hydroxylation is 1. The molecule has 2 aliphatic rings. The van der Waals surface area contributed by atoms with Crippen molar-refractivity contribution < 1.29 is 9.59 Å². The van der Waals surface area contributed by atoms with E-state index in [0.717, 1.165) is 27.8 Å². The maximum Gasteiger partial charge on any atom is 0.324 e. The number of thiazole rings is 2. The molecule has 144 valence electrons. The quantitative estimate of drug-likeness (QED) is 0.706. The Morgan fingerprint density at radius 2 is 2.11 bits per heavy atom. The summed E-state index contributed by atoms with van der Waals surface area (Å²) in [5.74, 6) is -0.482. The van der Waals surface area contributed by atoms with Crippen LogP contribution in [-0.4, -0.2) is 44.9 Å². The van der Waals surface area contributed by atoms with Crippen LogP contribution in [0.4, 0.5) is 15.1 Å². The van der Waals surface area contributed by atoms with E-state index < -0.39 is 11.4 Å². The van der Waals surface area contributed by atoms with Crippen LogP contribution in [0, 0.1) is 6.92 Å². The van der Waals surface area contributed by atoms with Gasteiger partial charge in [0.1, 0.15) is 5.54 Å². The molecule has 1 aliphatic heterocycles. The Labute approximate surface area is 165 Å². The molecule has 2 aromatic heterocycles. The number of rotatable bonds is 5. The number of anilines is 2. The van der Waals surface area contributed by atoms with Crippen LogP contribution in [-0.2, 0) is 4.79 Å². The van der Waals surface area contributed by atoms with Gasteiger partial charge in [0.05, 0.1) is 16.3 Å². The SMILES string of the molecule is Cc1nc(NC(=O)N2CCC[C@@]2(C)C(N)=O)sc1-c1csc(NC2CC2)n1. The highest BCUT2D eigenvalue weighted by Crippen LogP contribution is 2.36. The maximum absolute atomic E-state index is 12.7. The van der Waals surface area contributed by atoms with Gasteiger partial charge in [-0.25, -0.2) is 14.8 Å². The first-order valence-corrected chi connectivity index (χ1v) is 10.6. The first-order chi connectivity index (χ1) is 12.9. The Morgan fingerprint density at radius 3 is 2.81 bits per heavy atom. The van der Waals surface area contributed by atoms with Crippen LogP contribution in [0.5, 0.6) is 0 Å². The lowest BCUT2D eigenvalue weighted by molar-refractivity contribution is -0.126. The second-order valence-electron chi connectivity index (χ2n) is 7.21. The van der Waals surface area contributed by atoms with Gasteiger partial charge in [0.25, 0.3) is 0 Å². The van der Waals surface area contributed by atoms with Crippen molar-refractivity contribution in [3.05, 3.63) is 11.1 Å². The molecule has 1 saturated carbocycles. The third-order valence-electron chi connectivity index (χ3n) is 5.07. The van der Waals surface area contributed by atoms with E-state index in [2.05, 4.69) is 20.6 Å². The molecule has 2 aromatic rings. The predicted octanol–water partition coefficient (Wildman–Crippen LogP) is 3.02. The highest BCUT2D eigenvalue weighted by Gasteiger charge is 2.44. The van der Waals surface area contributed by atoms with Crippen LogP contribution in [0.2, 0.25) is 0 Å². The van der Waals surface area contributed by atoms with Gasteiger partial charge in [-0.2, -0.15) is 0 Å². The van der Waals surface area contributed by atoms with Crippen molar-refractivity contribution in [1.82, 2.24) is 14.9 Å². The minimum absolute atomic E-state index is 0.344. The summed E-state index contributed by atoms with van der Waals surface area (Å²) in [6.45, 7) is 4.12. The van der Waals surface area contributed by atoms with E-state index in [1.807, 2.05) is 12.3 Å². The Kier molecular flexibility index (Phi) is 4.55. The average Bonchev–Trinajstić information content (AvgIpc) is 3.00. The summed E-state index contributed by atoms with van der Waals surface area (Å²) in [4.78, 5) is 36.0. The number of nitrogens with zero attached hydrogens (tertiary/aromatic N) is 3. The third-order valence-corrected chi connectivity index (χ3v) is 6.94. The lowest BCUT2D eigenvalue weighted by Crippen LogP contribution is -2.55. The van der Waals surface area contributed by atoms with Crippen molar-refractivity contribution in [2.45, 2.75) is 51.1 Å². The molecular weight excluding hydrogens is 384 g/mol. The molecule has 0 unspecified atom stereocenters. The number of hydrogen-bond acceptors (Lipinski definition) is 7. The molecule has 8 nitrogen and oxygen atoms in total. The fraction of sp³-hybridized carbons (Fsp3) is 0.529. The van der Waals surface area contributed by atoms with Crippen LogP contribution >= 0.6 is 22.7 Å². The molecule has 0 spiro atoms. The zero-order chi connectivity index (χ0) is 19.2. The number of nitrogens with one attached hydrogen (secondary N) is 2. The molecule has 0 bridgehead atoms. The number of carbonyl (C=O) groups is 2. The number of carbonyl (C=O) groups excluding carboxylic acids is 2. The molecule has 1 atom stereocenters. The number of aromatic nitrogens is 2. The van der Waals surface area contributed by atoms with Crippen LogP contribution in [0.25, 0.3) is 10.6 Å². The number of amides is 3. The predicted molar refractivity (Wildman–Crippen MR) is 107 cm³/mol. The van der Waals surface area contributed by atoms with E-state index >= 15 is 0 Å². The maximum atomic E-state index is 12.7. The first-order valence-electron chi connectivity index (χ1n) is 8.95. The topological polar surface area (TPSA) is 113 Å². The summed E-state index contributed by atoms with van der Waals surface area (Å²) >= 11 is 2.96. The van der Waals surface area contributed by atoms with Crippen molar-refractivity contribution >= 4 is 44.9 Å². The smallest absolute Gasteiger partial charge is 0.324 e. The van der Waals surface area contributed by atoms with Crippen LogP contribution < -0.4 is 16.4 Å². The van der Waals surface area contributed by atoms with Crippen molar-refractivity contribution in [3.8, 4) is 10.6 Å². The second kappa shape index (κ2) is 6.75. The molecule has 0 radical (unpaired) electrons.